The Morgan fingerprint density at radius 1 is 1.22 bits per heavy atom. The fourth-order valence-corrected chi connectivity index (χ4v) is 3.87. The van der Waals surface area contributed by atoms with E-state index in [-0.39, 0.29) is 24.1 Å². The van der Waals surface area contributed by atoms with E-state index in [1.807, 2.05) is 18.2 Å². The highest BCUT2D eigenvalue weighted by Crippen LogP contribution is 2.21. The number of piperazine rings is 1. The molecule has 2 fully saturated rings. The minimum atomic E-state index is -0.658. The van der Waals surface area contributed by atoms with Gasteiger partial charge in [0.25, 0.3) is 0 Å². The molecule has 0 radical (unpaired) electrons. The summed E-state index contributed by atoms with van der Waals surface area (Å²) in [4.78, 5) is 41.3. The van der Waals surface area contributed by atoms with Gasteiger partial charge in [-0.1, -0.05) is 17.7 Å². The van der Waals surface area contributed by atoms with Gasteiger partial charge in [0.15, 0.2) is 0 Å². The number of rotatable bonds is 5. The second kappa shape index (κ2) is 8.71. The average molecular weight is 393 g/mol. The van der Waals surface area contributed by atoms with Gasteiger partial charge in [0.1, 0.15) is 6.04 Å². The number of carbonyl (C=O) groups is 3. The van der Waals surface area contributed by atoms with Gasteiger partial charge in [0, 0.05) is 63.3 Å². The predicted molar refractivity (Wildman–Crippen MR) is 104 cm³/mol. The molecule has 0 aliphatic carbocycles. The van der Waals surface area contributed by atoms with Gasteiger partial charge in [-0.2, -0.15) is 0 Å². The molecule has 146 valence electrons. The lowest BCUT2D eigenvalue weighted by Gasteiger charge is -2.36. The molecule has 7 nitrogen and oxygen atoms in total. The van der Waals surface area contributed by atoms with Gasteiger partial charge in [-0.25, -0.2) is 0 Å². The van der Waals surface area contributed by atoms with Crippen LogP contribution in [0.1, 0.15) is 19.8 Å². The number of nitrogens with zero attached hydrogens (tertiary/aromatic N) is 3. The van der Waals surface area contributed by atoms with E-state index in [0.717, 1.165) is 48.3 Å². The zero-order valence-electron chi connectivity index (χ0n) is 15.5. The van der Waals surface area contributed by atoms with Crippen LogP contribution in [0.15, 0.2) is 24.3 Å². The third-order valence-electron chi connectivity index (χ3n) is 5.13. The topological polar surface area (TPSA) is 73.0 Å². The highest BCUT2D eigenvalue weighted by atomic mass is 35.5. The molecule has 2 saturated heterocycles. The van der Waals surface area contributed by atoms with Crippen LogP contribution in [-0.2, 0) is 14.4 Å². The fraction of sp³-hybridized carbons (Fsp3) is 0.526. The van der Waals surface area contributed by atoms with E-state index < -0.39 is 6.04 Å². The Labute approximate surface area is 164 Å². The third kappa shape index (κ3) is 4.78. The van der Waals surface area contributed by atoms with Crippen LogP contribution in [0.3, 0.4) is 0 Å². The van der Waals surface area contributed by atoms with E-state index in [0.29, 0.717) is 13.0 Å². The van der Waals surface area contributed by atoms with Gasteiger partial charge in [-0.05, 0) is 24.6 Å². The summed E-state index contributed by atoms with van der Waals surface area (Å²) in [5.41, 5.74) is 1.13. The summed E-state index contributed by atoms with van der Waals surface area (Å²) in [5, 5.41) is 3.61. The van der Waals surface area contributed by atoms with Crippen molar-refractivity contribution in [2.24, 2.45) is 0 Å². The molecule has 1 N–H and O–H groups in total. The van der Waals surface area contributed by atoms with Crippen molar-refractivity contribution in [2.75, 3.05) is 44.2 Å². The van der Waals surface area contributed by atoms with Crippen molar-refractivity contribution in [3.63, 3.8) is 0 Å². The Hall–Kier alpha value is -2.12. The number of halogens is 1. The van der Waals surface area contributed by atoms with Crippen LogP contribution >= 0.6 is 11.6 Å². The molecule has 1 aromatic carbocycles. The van der Waals surface area contributed by atoms with Gasteiger partial charge in [-0.15, -0.1) is 0 Å². The molecule has 0 saturated carbocycles. The van der Waals surface area contributed by atoms with Crippen LogP contribution in [0.5, 0.6) is 0 Å². The number of amides is 3. The predicted octanol–water partition coefficient (Wildman–Crippen LogP) is 1.12. The van der Waals surface area contributed by atoms with Crippen molar-refractivity contribution >= 4 is 35.0 Å². The van der Waals surface area contributed by atoms with Crippen molar-refractivity contribution < 1.29 is 14.4 Å². The summed E-state index contributed by atoms with van der Waals surface area (Å²) in [7, 11) is 0. The molecule has 1 atom stereocenters. The summed E-state index contributed by atoms with van der Waals surface area (Å²) in [6.07, 6.45) is 0.658. The van der Waals surface area contributed by atoms with Gasteiger partial charge in [-0.3, -0.25) is 24.2 Å². The minimum absolute atomic E-state index is 0.242. The molecule has 27 heavy (non-hydrogen) atoms. The zero-order valence-corrected chi connectivity index (χ0v) is 16.2. The van der Waals surface area contributed by atoms with E-state index in [1.54, 1.807) is 0 Å². The van der Waals surface area contributed by atoms with E-state index in [2.05, 4.69) is 21.2 Å². The average Bonchev–Trinajstić information content (AvgIpc) is 3.04. The second-order valence-corrected chi connectivity index (χ2v) is 7.37. The second-order valence-electron chi connectivity index (χ2n) is 6.94. The number of anilines is 1. The Morgan fingerprint density at radius 3 is 2.63 bits per heavy atom. The third-order valence-corrected chi connectivity index (χ3v) is 5.36. The van der Waals surface area contributed by atoms with Crippen molar-refractivity contribution in [3.05, 3.63) is 29.3 Å². The minimum Gasteiger partial charge on any atom is -0.369 e. The van der Waals surface area contributed by atoms with E-state index in [4.69, 9.17) is 11.6 Å². The normalized spacial score (nSPS) is 20.8. The van der Waals surface area contributed by atoms with Crippen molar-refractivity contribution in [1.29, 1.82) is 0 Å². The number of nitrogens with one attached hydrogen (secondary N) is 1. The molecule has 2 aliphatic rings. The monoisotopic (exact) mass is 392 g/mol. The van der Waals surface area contributed by atoms with E-state index in [9.17, 15) is 14.4 Å². The fourth-order valence-electron chi connectivity index (χ4n) is 3.68. The first-order valence-electron chi connectivity index (χ1n) is 9.29. The summed E-state index contributed by atoms with van der Waals surface area (Å²) >= 11 is 6.06. The quantitative estimate of drug-likeness (QED) is 0.812. The molecule has 2 heterocycles. The van der Waals surface area contributed by atoms with E-state index >= 15 is 0 Å². The number of hydrogen-bond acceptors (Lipinski definition) is 5. The largest absolute Gasteiger partial charge is 0.369 e. The smallest absolute Gasteiger partial charge is 0.243 e. The first-order chi connectivity index (χ1) is 13.0. The first kappa shape index (κ1) is 19.6. The molecule has 2 aliphatic heterocycles. The Balaban J connectivity index is 1.41. The lowest BCUT2D eigenvalue weighted by atomic mass is 10.2. The zero-order chi connectivity index (χ0) is 19.4. The highest BCUT2D eigenvalue weighted by molar-refractivity contribution is 6.30. The molecule has 0 aromatic heterocycles. The lowest BCUT2D eigenvalue weighted by molar-refractivity contribution is -0.146. The van der Waals surface area contributed by atoms with Crippen LogP contribution in [0.25, 0.3) is 0 Å². The van der Waals surface area contributed by atoms with Gasteiger partial charge >= 0.3 is 0 Å². The van der Waals surface area contributed by atoms with Crippen LogP contribution in [0, 0.1) is 0 Å². The van der Waals surface area contributed by atoms with Gasteiger partial charge in [0.2, 0.25) is 17.7 Å². The maximum absolute atomic E-state index is 12.3. The number of likely N-dealkylation sites (tertiary alicyclic amines) is 1. The van der Waals surface area contributed by atoms with Crippen LogP contribution in [0.2, 0.25) is 5.02 Å². The first-order valence-corrected chi connectivity index (χ1v) is 9.66. The van der Waals surface area contributed by atoms with Crippen molar-refractivity contribution in [2.45, 2.75) is 25.8 Å². The molecule has 3 rings (SSSR count). The van der Waals surface area contributed by atoms with Gasteiger partial charge < -0.3 is 10.2 Å². The van der Waals surface area contributed by atoms with Crippen molar-refractivity contribution in [1.82, 2.24) is 15.1 Å². The molecule has 3 amide bonds. The molecular weight excluding hydrogens is 368 g/mol. The number of benzene rings is 1. The summed E-state index contributed by atoms with van der Waals surface area (Å²) in [5.74, 6) is -0.872. The summed E-state index contributed by atoms with van der Waals surface area (Å²) in [6, 6.07) is 7.20. The molecular formula is C19H25ClN4O3. The Morgan fingerprint density at radius 2 is 1.96 bits per heavy atom. The van der Waals surface area contributed by atoms with E-state index in [1.165, 1.54) is 6.92 Å². The standard InChI is InChI=1S/C19H25ClN4O3/c1-14(25)24-17(5-6-18(24)26)19(27)21-7-8-22-9-11-23(12-10-22)16-4-2-3-15(20)13-16/h2-4,13,17H,5-12H2,1H3,(H,21,27)/t17-/m0/s1. The number of hydrogen-bond donors (Lipinski definition) is 1. The summed E-state index contributed by atoms with van der Waals surface area (Å²) in [6.45, 7) is 6.20. The molecule has 0 unspecified atom stereocenters. The van der Waals surface area contributed by atoms with Crippen LogP contribution in [-0.4, -0.2) is 72.8 Å². The summed E-state index contributed by atoms with van der Waals surface area (Å²) < 4.78 is 0. The molecule has 0 bridgehead atoms. The molecule has 0 spiro atoms. The Bertz CT molecular complexity index is 719. The maximum Gasteiger partial charge on any atom is 0.243 e. The van der Waals surface area contributed by atoms with Crippen molar-refractivity contribution in [3.8, 4) is 0 Å². The number of carbonyl (C=O) groups excluding carboxylic acids is 3. The maximum atomic E-state index is 12.3. The lowest BCUT2D eigenvalue weighted by Crippen LogP contribution is -2.50. The van der Waals surface area contributed by atoms with Crippen LogP contribution in [0.4, 0.5) is 5.69 Å². The Kier molecular flexibility index (Phi) is 6.34. The number of imide groups is 1. The highest BCUT2D eigenvalue weighted by Gasteiger charge is 2.38. The van der Waals surface area contributed by atoms with Gasteiger partial charge in [0.05, 0.1) is 0 Å². The SMILES string of the molecule is CC(=O)N1C(=O)CC[C@H]1C(=O)NCCN1CCN(c2cccc(Cl)c2)CC1. The molecule has 8 heteroatoms. The van der Waals surface area contributed by atoms with Crippen LogP contribution < -0.4 is 10.2 Å². The molecule has 1 aromatic rings.